The summed E-state index contributed by atoms with van der Waals surface area (Å²) in [5.41, 5.74) is 2.45. The van der Waals surface area contributed by atoms with E-state index in [1.165, 1.54) is 5.56 Å². The van der Waals surface area contributed by atoms with Crippen LogP contribution in [0.4, 0.5) is 0 Å². The lowest BCUT2D eigenvalue weighted by molar-refractivity contribution is 0.893. The Labute approximate surface area is 77.6 Å². The van der Waals surface area contributed by atoms with Gasteiger partial charge in [0, 0.05) is 6.20 Å². The monoisotopic (exact) mass is 171 g/mol. The van der Waals surface area contributed by atoms with Crippen molar-refractivity contribution in [3.05, 3.63) is 53.9 Å². The maximum absolute atomic E-state index is 4.10. The maximum atomic E-state index is 4.10. The standard InChI is InChI=1S/C11H11N2/c1-2-4-10(5-3-1)6-7-11-8-9-12-13-11/h2-5,8-9H,6-7H2,(H,12,13). The first-order chi connectivity index (χ1) is 6.45. The Bertz CT molecular complexity index is 338. The van der Waals surface area contributed by atoms with E-state index in [0.717, 1.165) is 18.5 Å². The number of nitrogens with one attached hydrogen (secondary N) is 1. The van der Waals surface area contributed by atoms with Crippen LogP contribution in [0, 0.1) is 6.07 Å². The lowest BCUT2D eigenvalue weighted by Gasteiger charge is -1.97. The largest absolute Gasteiger partial charge is 0.285 e. The Morgan fingerprint density at radius 2 is 2.00 bits per heavy atom. The van der Waals surface area contributed by atoms with Crippen LogP contribution in [0.1, 0.15) is 11.3 Å². The predicted molar refractivity (Wildman–Crippen MR) is 51.3 cm³/mol. The number of hydrogen-bond donors (Lipinski definition) is 1. The molecule has 65 valence electrons. The first-order valence-electron chi connectivity index (χ1n) is 4.39. The number of aromatic amines is 1. The molecule has 0 aliphatic rings. The van der Waals surface area contributed by atoms with Crippen LogP contribution in [0.3, 0.4) is 0 Å². The Hall–Kier alpha value is -1.57. The van der Waals surface area contributed by atoms with E-state index >= 15 is 0 Å². The molecule has 0 fully saturated rings. The van der Waals surface area contributed by atoms with Crippen molar-refractivity contribution in [2.45, 2.75) is 12.8 Å². The van der Waals surface area contributed by atoms with Gasteiger partial charge in [0.15, 0.2) is 0 Å². The average molecular weight is 171 g/mol. The van der Waals surface area contributed by atoms with Crippen LogP contribution in [0.15, 0.2) is 36.5 Å². The van der Waals surface area contributed by atoms with Crippen molar-refractivity contribution < 1.29 is 0 Å². The molecule has 2 nitrogen and oxygen atoms in total. The van der Waals surface area contributed by atoms with Gasteiger partial charge in [-0.05, 0) is 30.5 Å². The molecule has 1 radical (unpaired) electrons. The van der Waals surface area contributed by atoms with Gasteiger partial charge in [-0.15, -0.1) is 0 Å². The van der Waals surface area contributed by atoms with Crippen LogP contribution in [0.2, 0.25) is 0 Å². The van der Waals surface area contributed by atoms with Gasteiger partial charge >= 0.3 is 0 Å². The zero-order valence-corrected chi connectivity index (χ0v) is 7.33. The smallest absolute Gasteiger partial charge is 0.0625 e. The molecule has 0 bridgehead atoms. The molecule has 0 amide bonds. The van der Waals surface area contributed by atoms with Crippen LogP contribution in [0.25, 0.3) is 0 Å². The van der Waals surface area contributed by atoms with Crippen LogP contribution in [-0.4, -0.2) is 10.2 Å². The second-order valence-electron chi connectivity index (χ2n) is 2.97. The molecule has 0 atom stereocenters. The highest BCUT2D eigenvalue weighted by atomic mass is 15.1. The van der Waals surface area contributed by atoms with E-state index in [1.807, 2.05) is 24.4 Å². The van der Waals surface area contributed by atoms with E-state index in [4.69, 9.17) is 0 Å². The molecule has 1 heterocycles. The number of rotatable bonds is 3. The third-order valence-electron chi connectivity index (χ3n) is 2.02. The van der Waals surface area contributed by atoms with Gasteiger partial charge in [-0.1, -0.05) is 24.3 Å². The number of benzene rings is 1. The van der Waals surface area contributed by atoms with Crippen molar-refractivity contribution >= 4 is 0 Å². The topological polar surface area (TPSA) is 28.7 Å². The molecule has 1 N–H and O–H groups in total. The van der Waals surface area contributed by atoms with Crippen LogP contribution in [0.5, 0.6) is 0 Å². The van der Waals surface area contributed by atoms with Gasteiger partial charge in [0.1, 0.15) is 0 Å². The van der Waals surface area contributed by atoms with E-state index in [2.05, 4.69) is 28.4 Å². The number of aromatic nitrogens is 2. The summed E-state index contributed by atoms with van der Waals surface area (Å²) < 4.78 is 0. The fourth-order valence-electron chi connectivity index (χ4n) is 1.29. The summed E-state index contributed by atoms with van der Waals surface area (Å²) in [6, 6.07) is 13.1. The number of aryl methyl sites for hydroxylation is 2. The number of hydrogen-bond acceptors (Lipinski definition) is 1. The number of nitrogens with zero attached hydrogens (tertiary/aromatic N) is 1. The van der Waals surface area contributed by atoms with Gasteiger partial charge in [0.2, 0.25) is 0 Å². The average Bonchev–Trinajstić information content (AvgIpc) is 2.69. The highest BCUT2D eigenvalue weighted by Gasteiger charge is 1.95. The van der Waals surface area contributed by atoms with Gasteiger partial charge in [0.05, 0.1) is 5.69 Å². The Morgan fingerprint density at radius 1 is 1.15 bits per heavy atom. The second-order valence-corrected chi connectivity index (χ2v) is 2.97. The van der Waals surface area contributed by atoms with E-state index < -0.39 is 0 Å². The van der Waals surface area contributed by atoms with Crippen LogP contribution < -0.4 is 0 Å². The van der Waals surface area contributed by atoms with Gasteiger partial charge in [0.25, 0.3) is 0 Å². The Morgan fingerprint density at radius 3 is 2.69 bits per heavy atom. The molecule has 1 aromatic heterocycles. The van der Waals surface area contributed by atoms with Gasteiger partial charge in [-0.25, -0.2) is 0 Å². The van der Waals surface area contributed by atoms with Gasteiger partial charge < -0.3 is 0 Å². The summed E-state index contributed by atoms with van der Waals surface area (Å²) in [5, 5.41) is 6.91. The lowest BCUT2D eigenvalue weighted by Crippen LogP contribution is -1.90. The first kappa shape index (κ1) is 8.05. The van der Waals surface area contributed by atoms with Crippen molar-refractivity contribution in [3.63, 3.8) is 0 Å². The minimum Gasteiger partial charge on any atom is -0.285 e. The highest BCUT2D eigenvalue weighted by Crippen LogP contribution is 2.03. The normalized spacial score (nSPS) is 10.2. The first-order valence-corrected chi connectivity index (χ1v) is 4.39. The van der Waals surface area contributed by atoms with E-state index in [-0.39, 0.29) is 0 Å². The van der Waals surface area contributed by atoms with Crippen molar-refractivity contribution in [2.75, 3.05) is 0 Å². The fourth-order valence-corrected chi connectivity index (χ4v) is 1.29. The SMILES string of the molecule is [c]1ccc(CCc2cc[nH]n2)cc1. The summed E-state index contributed by atoms with van der Waals surface area (Å²) in [7, 11) is 0. The third kappa shape index (κ3) is 2.18. The molecular formula is C11H11N2. The quantitative estimate of drug-likeness (QED) is 0.751. The molecule has 13 heavy (non-hydrogen) atoms. The molecule has 0 saturated heterocycles. The maximum Gasteiger partial charge on any atom is 0.0625 e. The summed E-state index contributed by atoms with van der Waals surface area (Å²) in [6.45, 7) is 0. The van der Waals surface area contributed by atoms with Crippen LogP contribution >= 0.6 is 0 Å². The summed E-state index contributed by atoms with van der Waals surface area (Å²) >= 11 is 0. The molecule has 0 unspecified atom stereocenters. The van der Waals surface area contributed by atoms with Crippen molar-refractivity contribution in [3.8, 4) is 0 Å². The lowest BCUT2D eigenvalue weighted by atomic mass is 10.1. The Kier molecular flexibility index (Phi) is 2.41. The zero-order valence-electron chi connectivity index (χ0n) is 7.33. The molecule has 2 aromatic rings. The zero-order chi connectivity index (χ0) is 8.93. The highest BCUT2D eigenvalue weighted by molar-refractivity contribution is 5.15. The third-order valence-corrected chi connectivity index (χ3v) is 2.02. The van der Waals surface area contributed by atoms with E-state index in [9.17, 15) is 0 Å². The molecule has 0 saturated carbocycles. The molecule has 0 spiro atoms. The van der Waals surface area contributed by atoms with Crippen molar-refractivity contribution in [1.29, 1.82) is 0 Å². The fraction of sp³-hybridized carbons (Fsp3) is 0.182. The molecule has 0 aliphatic heterocycles. The molecular weight excluding hydrogens is 160 g/mol. The van der Waals surface area contributed by atoms with Gasteiger partial charge in [-0.3, -0.25) is 5.10 Å². The minimum atomic E-state index is 0.994. The van der Waals surface area contributed by atoms with E-state index in [0.29, 0.717) is 0 Å². The molecule has 2 heteroatoms. The molecule has 0 aliphatic carbocycles. The molecule has 1 aromatic carbocycles. The van der Waals surface area contributed by atoms with Crippen molar-refractivity contribution in [2.24, 2.45) is 0 Å². The second kappa shape index (κ2) is 3.90. The van der Waals surface area contributed by atoms with Gasteiger partial charge in [-0.2, -0.15) is 5.10 Å². The van der Waals surface area contributed by atoms with Crippen LogP contribution in [-0.2, 0) is 12.8 Å². The van der Waals surface area contributed by atoms with Crippen molar-refractivity contribution in [1.82, 2.24) is 10.2 Å². The Balaban J connectivity index is 1.94. The molecule has 2 rings (SSSR count). The summed E-state index contributed by atoms with van der Waals surface area (Å²) in [5.74, 6) is 0. The summed E-state index contributed by atoms with van der Waals surface area (Å²) in [6.07, 6.45) is 3.89. The predicted octanol–water partition coefficient (Wildman–Crippen LogP) is 2.00. The number of H-pyrrole nitrogens is 1. The summed E-state index contributed by atoms with van der Waals surface area (Å²) in [4.78, 5) is 0. The minimum absolute atomic E-state index is 0.994. The van der Waals surface area contributed by atoms with E-state index in [1.54, 1.807) is 0 Å².